The van der Waals surface area contributed by atoms with E-state index in [1.165, 1.54) is 0 Å². The van der Waals surface area contributed by atoms with Crippen LogP contribution in [-0.2, 0) is 9.53 Å². The van der Waals surface area contributed by atoms with Crippen molar-refractivity contribution in [2.75, 3.05) is 7.11 Å². The highest BCUT2D eigenvalue weighted by Gasteiger charge is 2.32. The van der Waals surface area contributed by atoms with E-state index in [-0.39, 0.29) is 0 Å². The molecule has 0 fully saturated rings. The Hall–Kier alpha value is -0.675. The van der Waals surface area contributed by atoms with Gasteiger partial charge in [-0.1, -0.05) is 12.7 Å². The van der Waals surface area contributed by atoms with Crippen LogP contribution in [0.4, 0.5) is 12.9 Å². The first-order chi connectivity index (χ1) is 4.88. The van der Waals surface area contributed by atoms with E-state index in [1.54, 1.807) is 0 Å². The molecule has 0 aromatic rings. The third-order valence-corrected chi connectivity index (χ3v) is 1.36. The van der Waals surface area contributed by atoms with Crippen LogP contribution < -0.4 is 0 Å². The second-order valence-electron chi connectivity index (χ2n) is 2.38. The van der Waals surface area contributed by atoms with Crippen molar-refractivity contribution in [1.29, 1.82) is 0 Å². The zero-order chi connectivity index (χ0) is 9.07. The van der Waals surface area contributed by atoms with E-state index in [0.717, 1.165) is 14.0 Å². The predicted octanol–water partition coefficient (Wildman–Crippen LogP) is 1.79. The van der Waals surface area contributed by atoms with Gasteiger partial charge in [0.25, 0.3) is 0 Å². The van der Waals surface area contributed by atoms with Gasteiger partial charge in [-0.2, -0.15) is 0 Å². The first-order valence-electron chi connectivity index (χ1n) is 3.14. The second kappa shape index (κ2) is 3.64. The van der Waals surface area contributed by atoms with E-state index in [2.05, 4.69) is 4.74 Å². The Morgan fingerprint density at radius 3 is 2.27 bits per heavy atom. The number of esters is 1. The largest absolute Gasteiger partial charge is 0.481 e. The average Bonchev–Trinajstić information content (AvgIpc) is 1.85. The molecule has 2 nitrogen and oxygen atoms in total. The molecule has 0 aliphatic carbocycles. The molecule has 66 valence electrons. The molecule has 0 amide bonds. The molecule has 0 aromatic carbocycles. The summed E-state index contributed by atoms with van der Waals surface area (Å²) in [4.78, 5) is 10.4. The number of halogens is 3. The molecule has 11 heavy (non-hydrogen) atoms. The summed E-state index contributed by atoms with van der Waals surface area (Å²) in [5.41, 5.74) is 0. The van der Waals surface area contributed by atoms with Crippen LogP contribution in [0.2, 0.25) is 5.82 Å². The topological polar surface area (TPSA) is 26.3 Å². The normalized spacial score (nSPS) is 14.3. The highest BCUT2D eigenvalue weighted by atomic mass is 19.4. The lowest BCUT2D eigenvalue weighted by Crippen LogP contribution is -2.24. The van der Waals surface area contributed by atoms with Crippen molar-refractivity contribution >= 4 is 12.9 Å². The SMILES string of the molecule is COC(=O)CC(C)[B-](F)(F)F. The Balaban J connectivity index is 3.87. The highest BCUT2D eigenvalue weighted by molar-refractivity contribution is 6.60. The molecule has 0 heterocycles. The Labute approximate surface area is 62.8 Å². The molecule has 1 atom stereocenters. The Morgan fingerprint density at radius 1 is 1.55 bits per heavy atom. The molecule has 0 spiro atoms. The maximum absolute atomic E-state index is 11.8. The quantitative estimate of drug-likeness (QED) is 0.475. The van der Waals surface area contributed by atoms with Crippen LogP contribution >= 0.6 is 0 Å². The minimum atomic E-state index is -4.91. The number of rotatable bonds is 3. The summed E-state index contributed by atoms with van der Waals surface area (Å²) in [6, 6.07) is 0. The fourth-order valence-electron chi connectivity index (χ4n) is 0.480. The number of methoxy groups -OCH3 is 1. The Kier molecular flexibility index (Phi) is 3.42. The van der Waals surface area contributed by atoms with Gasteiger partial charge in [-0.15, -0.1) is 0 Å². The second-order valence-corrected chi connectivity index (χ2v) is 2.38. The predicted molar refractivity (Wildman–Crippen MR) is 35.1 cm³/mol. The molecule has 0 N–H and O–H groups in total. The summed E-state index contributed by atoms with van der Waals surface area (Å²) in [5.74, 6) is -2.39. The fourth-order valence-corrected chi connectivity index (χ4v) is 0.480. The maximum Gasteiger partial charge on any atom is 0.481 e. The van der Waals surface area contributed by atoms with Crippen LogP contribution in [0.3, 0.4) is 0 Å². The number of hydrogen-bond acceptors (Lipinski definition) is 2. The van der Waals surface area contributed by atoms with E-state index in [9.17, 15) is 17.7 Å². The van der Waals surface area contributed by atoms with E-state index < -0.39 is 25.2 Å². The molecule has 0 aliphatic heterocycles. The van der Waals surface area contributed by atoms with Crippen molar-refractivity contribution in [3.8, 4) is 0 Å². The molecule has 1 unspecified atom stereocenters. The van der Waals surface area contributed by atoms with Gasteiger partial charge < -0.3 is 17.7 Å². The molecule has 0 aromatic heterocycles. The first-order valence-corrected chi connectivity index (χ1v) is 3.14. The van der Waals surface area contributed by atoms with Crippen LogP contribution in [-0.4, -0.2) is 20.1 Å². The summed E-state index contributed by atoms with van der Waals surface area (Å²) in [7, 11) is 1.07. The number of ether oxygens (including phenoxy) is 1. The Morgan fingerprint density at radius 2 is 2.00 bits per heavy atom. The molecule has 0 aliphatic rings. The minimum Gasteiger partial charge on any atom is -0.469 e. The summed E-state index contributed by atoms with van der Waals surface area (Å²) in [6.07, 6.45) is -0.583. The number of carbonyl (C=O) groups is 1. The van der Waals surface area contributed by atoms with Crippen molar-refractivity contribution in [1.82, 2.24) is 0 Å². The van der Waals surface area contributed by atoms with E-state index in [4.69, 9.17) is 0 Å². The lowest BCUT2D eigenvalue weighted by atomic mass is 9.72. The van der Waals surface area contributed by atoms with Crippen LogP contribution in [0, 0.1) is 0 Å². The third-order valence-electron chi connectivity index (χ3n) is 1.36. The molecule has 0 rings (SSSR count). The zero-order valence-electron chi connectivity index (χ0n) is 6.31. The maximum atomic E-state index is 11.8. The van der Waals surface area contributed by atoms with Crippen molar-refractivity contribution in [2.24, 2.45) is 0 Å². The fraction of sp³-hybridized carbons (Fsp3) is 0.800. The number of carbonyl (C=O) groups excluding carboxylic acids is 1. The van der Waals surface area contributed by atoms with Crippen molar-refractivity contribution in [2.45, 2.75) is 19.2 Å². The van der Waals surface area contributed by atoms with Gasteiger partial charge in [-0.25, -0.2) is 0 Å². The van der Waals surface area contributed by atoms with Gasteiger partial charge in [-0.3, -0.25) is 4.79 Å². The Bertz CT molecular complexity index is 145. The van der Waals surface area contributed by atoms with Crippen molar-refractivity contribution in [3.63, 3.8) is 0 Å². The van der Waals surface area contributed by atoms with Gasteiger partial charge in [0.05, 0.1) is 7.11 Å². The van der Waals surface area contributed by atoms with E-state index >= 15 is 0 Å². The highest BCUT2D eigenvalue weighted by Crippen LogP contribution is 2.28. The van der Waals surface area contributed by atoms with Crippen LogP contribution in [0.15, 0.2) is 0 Å². The van der Waals surface area contributed by atoms with Gasteiger partial charge in [0, 0.05) is 6.42 Å². The van der Waals surface area contributed by atoms with Crippen LogP contribution in [0.1, 0.15) is 13.3 Å². The zero-order valence-corrected chi connectivity index (χ0v) is 6.31. The van der Waals surface area contributed by atoms with Crippen LogP contribution in [0.25, 0.3) is 0 Å². The van der Waals surface area contributed by atoms with E-state index in [0.29, 0.717) is 0 Å². The van der Waals surface area contributed by atoms with Gasteiger partial charge in [0.2, 0.25) is 0 Å². The summed E-state index contributed by atoms with van der Waals surface area (Å²) in [5, 5.41) is 0. The molecule has 0 bridgehead atoms. The average molecular weight is 169 g/mol. The smallest absolute Gasteiger partial charge is 0.469 e. The third kappa shape index (κ3) is 3.90. The molecular weight excluding hydrogens is 160 g/mol. The van der Waals surface area contributed by atoms with Crippen LogP contribution in [0.5, 0.6) is 0 Å². The lowest BCUT2D eigenvalue weighted by molar-refractivity contribution is -0.140. The standard InChI is InChI=1S/C5H9BF3O2/c1-4(6(7,8)9)3-5(10)11-2/h4H,3H2,1-2H3/q-1. The molecule has 0 radical (unpaired) electrons. The van der Waals surface area contributed by atoms with Gasteiger partial charge in [0.1, 0.15) is 0 Å². The summed E-state index contributed by atoms with van der Waals surface area (Å²) < 4.78 is 39.5. The summed E-state index contributed by atoms with van der Waals surface area (Å²) >= 11 is 0. The van der Waals surface area contributed by atoms with Crippen molar-refractivity contribution < 1.29 is 22.5 Å². The molecule has 0 saturated carbocycles. The minimum absolute atomic E-state index is 0.583. The molecule has 0 saturated heterocycles. The summed E-state index contributed by atoms with van der Waals surface area (Å²) in [6.45, 7) is -3.94. The number of hydrogen-bond donors (Lipinski definition) is 0. The van der Waals surface area contributed by atoms with Gasteiger partial charge in [0.15, 0.2) is 0 Å². The van der Waals surface area contributed by atoms with Gasteiger partial charge in [-0.05, 0) is 0 Å². The van der Waals surface area contributed by atoms with Gasteiger partial charge >= 0.3 is 12.9 Å². The molecular formula is C5H9BF3O2-. The van der Waals surface area contributed by atoms with E-state index in [1.807, 2.05) is 0 Å². The first kappa shape index (κ1) is 10.3. The lowest BCUT2D eigenvalue weighted by Gasteiger charge is -2.20. The monoisotopic (exact) mass is 169 g/mol. The molecule has 6 heteroatoms. The van der Waals surface area contributed by atoms with Crippen molar-refractivity contribution in [3.05, 3.63) is 0 Å².